The van der Waals surface area contributed by atoms with Crippen LogP contribution in [0.3, 0.4) is 0 Å². The van der Waals surface area contributed by atoms with E-state index in [0.29, 0.717) is 0 Å². The van der Waals surface area contributed by atoms with E-state index in [-0.39, 0.29) is 6.54 Å². The average Bonchev–Trinajstić information content (AvgIpc) is 2.61. The van der Waals surface area contributed by atoms with Gasteiger partial charge in [0.2, 0.25) is 0 Å². The van der Waals surface area contributed by atoms with Crippen molar-refractivity contribution in [2.24, 2.45) is 0 Å². The van der Waals surface area contributed by atoms with Crippen LogP contribution in [0.2, 0.25) is 0 Å². The molecule has 0 saturated carbocycles. The van der Waals surface area contributed by atoms with Crippen molar-refractivity contribution in [3.8, 4) is 0 Å². The minimum absolute atomic E-state index is 0.187. The second-order valence-corrected chi connectivity index (χ2v) is 9.00. The van der Waals surface area contributed by atoms with Gasteiger partial charge in [-0.3, -0.25) is 4.79 Å². The minimum Gasteiger partial charge on any atom is -0.481 e. The number of nitrogens with zero attached hydrogens (tertiary/aromatic N) is 2. The van der Waals surface area contributed by atoms with Crippen molar-refractivity contribution in [2.45, 2.75) is 48.0 Å². The van der Waals surface area contributed by atoms with Gasteiger partial charge in [0.15, 0.2) is 0 Å². The van der Waals surface area contributed by atoms with Crippen molar-refractivity contribution >= 4 is 16.0 Å². The van der Waals surface area contributed by atoms with Gasteiger partial charge in [-0.15, -0.1) is 0 Å². The first-order valence-corrected chi connectivity index (χ1v) is 9.99. The highest BCUT2D eigenvalue weighted by atomic mass is 32.2. The number of hydrogen-bond acceptors (Lipinski definition) is 4. The fraction of sp³-hybridized carbons (Fsp3) is 0.929. The molecule has 204 valence electrons. The minimum atomic E-state index is -8.28. The number of hydrogen-bond donors (Lipinski definition) is 1. The highest BCUT2D eigenvalue weighted by molar-refractivity contribution is 7.90. The number of carboxylic acids is 1. The van der Waals surface area contributed by atoms with Crippen LogP contribution in [0.4, 0.5) is 57.1 Å². The summed E-state index contributed by atoms with van der Waals surface area (Å²) in [7, 11) is -4.58. The molecule has 0 aromatic rings. The summed E-state index contributed by atoms with van der Waals surface area (Å²) in [5.41, 5.74) is 0. The van der Waals surface area contributed by atoms with Crippen molar-refractivity contribution in [1.29, 1.82) is 0 Å². The van der Waals surface area contributed by atoms with E-state index >= 15 is 0 Å². The van der Waals surface area contributed by atoms with Crippen molar-refractivity contribution in [1.82, 2.24) is 9.21 Å². The van der Waals surface area contributed by atoms with Gasteiger partial charge in [0.25, 0.3) is 10.0 Å². The molecule has 0 heterocycles. The summed E-state index contributed by atoms with van der Waals surface area (Å²) >= 11 is 0. The summed E-state index contributed by atoms with van der Waals surface area (Å²) in [4.78, 5) is 11.8. The van der Waals surface area contributed by atoms with Gasteiger partial charge in [0, 0.05) is 13.1 Å². The lowest BCUT2D eigenvalue weighted by Crippen LogP contribution is -2.72. The molecule has 0 aromatic heterocycles. The Hall–Kier alpha value is -1.57. The quantitative estimate of drug-likeness (QED) is 0.350. The zero-order chi connectivity index (χ0) is 27.8. The van der Waals surface area contributed by atoms with E-state index < -0.39 is 81.3 Å². The standard InChI is InChI=1S/C14H17F13N2O4S/c1-28(2)5-3-6-29(7-4-8(30)31)34(32,33)14(26,27)12(21,22)10(17,18)9(15,16)11(19,20)13(23,24)25/h3-7H2,1-2H3,(H,30,31). The molecule has 34 heavy (non-hydrogen) atoms. The Morgan fingerprint density at radius 1 is 0.706 bits per heavy atom. The maximum absolute atomic E-state index is 14.2. The van der Waals surface area contributed by atoms with Crippen LogP contribution in [0.25, 0.3) is 0 Å². The summed E-state index contributed by atoms with van der Waals surface area (Å²) in [6, 6.07) is 0. The van der Waals surface area contributed by atoms with Crippen LogP contribution in [0.1, 0.15) is 12.8 Å². The zero-order valence-electron chi connectivity index (χ0n) is 16.9. The van der Waals surface area contributed by atoms with Crippen molar-refractivity contribution in [2.75, 3.05) is 33.7 Å². The Morgan fingerprint density at radius 3 is 1.47 bits per heavy atom. The molecule has 0 bridgehead atoms. The van der Waals surface area contributed by atoms with Crippen LogP contribution in [0.15, 0.2) is 0 Å². The van der Waals surface area contributed by atoms with Gasteiger partial charge >= 0.3 is 41.1 Å². The van der Waals surface area contributed by atoms with Gasteiger partial charge in [0.1, 0.15) is 0 Å². The Morgan fingerprint density at radius 2 is 1.12 bits per heavy atom. The number of sulfonamides is 1. The molecule has 0 amide bonds. The Balaban J connectivity index is 6.60. The largest absolute Gasteiger partial charge is 0.481 e. The smallest absolute Gasteiger partial charge is 0.460 e. The van der Waals surface area contributed by atoms with Gasteiger partial charge in [0.05, 0.1) is 6.42 Å². The lowest BCUT2D eigenvalue weighted by molar-refractivity contribution is -0.433. The van der Waals surface area contributed by atoms with Gasteiger partial charge < -0.3 is 10.0 Å². The molecule has 0 aliphatic heterocycles. The van der Waals surface area contributed by atoms with E-state index in [1.165, 1.54) is 19.0 Å². The van der Waals surface area contributed by atoms with E-state index in [0.717, 1.165) is 0 Å². The molecule has 0 rings (SSSR count). The van der Waals surface area contributed by atoms with Crippen LogP contribution in [0.5, 0.6) is 0 Å². The Kier molecular flexibility index (Phi) is 9.37. The lowest BCUT2D eigenvalue weighted by atomic mass is 9.98. The Labute approximate surface area is 183 Å². The topological polar surface area (TPSA) is 77.9 Å². The maximum Gasteiger partial charge on any atom is 0.460 e. The highest BCUT2D eigenvalue weighted by Gasteiger charge is 2.92. The first-order chi connectivity index (χ1) is 14.7. The number of carboxylic acid groups (broad SMARTS) is 1. The molecule has 0 unspecified atom stereocenters. The third-order valence-corrected chi connectivity index (χ3v) is 6.11. The van der Waals surface area contributed by atoms with Gasteiger partial charge in [-0.1, -0.05) is 0 Å². The first kappa shape index (κ1) is 32.4. The lowest BCUT2D eigenvalue weighted by Gasteiger charge is -2.40. The van der Waals surface area contributed by atoms with Crippen LogP contribution < -0.4 is 0 Å². The van der Waals surface area contributed by atoms with Gasteiger partial charge in [-0.2, -0.15) is 61.4 Å². The SMILES string of the molecule is CN(C)CCCN(CCC(=O)O)S(=O)(=O)C(F)(F)C(F)(F)C(F)(F)C(F)(F)C(F)(F)C(F)(F)F. The molecule has 0 aromatic carbocycles. The third kappa shape index (κ3) is 5.47. The monoisotopic (exact) mass is 556 g/mol. The Bertz CT molecular complexity index is 828. The molecule has 6 nitrogen and oxygen atoms in total. The first-order valence-electron chi connectivity index (χ1n) is 8.55. The molecule has 1 N–H and O–H groups in total. The second-order valence-electron chi connectivity index (χ2n) is 7.02. The summed E-state index contributed by atoms with van der Waals surface area (Å²) < 4.78 is 195. The molecular weight excluding hydrogens is 539 g/mol. The third-order valence-electron chi connectivity index (χ3n) is 4.16. The molecule has 0 atom stereocenters. The number of alkyl halides is 13. The van der Waals surface area contributed by atoms with Gasteiger partial charge in [-0.05, 0) is 27.1 Å². The predicted molar refractivity (Wildman–Crippen MR) is 86.7 cm³/mol. The van der Waals surface area contributed by atoms with Crippen molar-refractivity contribution in [3.63, 3.8) is 0 Å². The van der Waals surface area contributed by atoms with Crippen LogP contribution >= 0.6 is 0 Å². The van der Waals surface area contributed by atoms with E-state index in [1.807, 2.05) is 0 Å². The van der Waals surface area contributed by atoms with Crippen LogP contribution in [-0.4, -0.2) is 97.5 Å². The molecule has 0 aliphatic carbocycles. The van der Waals surface area contributed by atoms with Crippen molar-refractivity contribution in [3.05, 3.63) is 0 Å². The molecule has 0 saturated heterocycles. The average molecular weight is 556 g/mol. The fourth-order valence-electron chi connectivity index (χ4n) is 2.22. The zero-order valence-corrected chi connectivity index (χ0v) is 17.7. The van der Waals surface area contributed by atoms with Crippen LogP contribution in [0, 0.1) is 0 Å². The number of aliphatic carboxylic acids is 1. The molecule has 0 radical (unpaired) electrons. The van der Waals surface area contributed by atoms with E-state index in [9.17, 15) is 70.3 Å². The number of rotatable bonds is 13. The summed E-state index contributed by atoms with van der Waals surface area (Å²) in [5, 5.41) is 1.13. The van der Waals surface area contributed by atoms with E-state index in [2.05, 4.69) is 0 Å². The van der Waals surface area contributed by atoms with Crippen molar-refractivity contribution < 1.29 is 75.4 Å². The van der Waals surface area contributed by atoms with Gasteiger partial charge in [-0.25, -0.2) is 8.42 Å². The van der Waals surface area contributed by atoms with E-state index in [1.54, 1.807) is 0 Å². The summed E-state index contributed by atoms with van der Waals surface area (Å²) in [6.45, 7) is -3.04. The number of halogens is 13. The molecule has 0 fully saturated rings. The second kappa shape index (κ2) is 9.82. The maximum atomic E-state index is 14.2. The fourth-order valence-corrected chi connectivity index (χ4v) is 3.69. The van der Waals surface area contributed by atoms with Crippen LogP contribution in [-0.2, 0) is 14.8 Å². The number of carbonyl (C=O) groups is 1. The summed E-state index contributed by atoms with van der Waals surface area (Å²) in [6.07, 6.45) is -9.56. The van der Waals surface area contributed by atoms with E-state index in [4.69, 9.17) is 5.11 Å². The molecule has 0 aliphatic rings. The predicted octanol–water partition coefficient (Wildman–Crippen LogP) is 3.74. The molecular formula is C14H17F13N2O4S. The molecule has 20 heteroatoms. The summed E-state index contributed by atoms with van der Waals surface area (Å²) in [5.74, 6) is -34.5. The molecule has 0 spiro atoms. The normalized spacial score (nSPS) is 15.3. The highest BCUT2D eigenvalue weighted by Crippen LogP contribution is 2.61.